The number of nitrogen functional groups attached to an aromatic ring is 1. The molecule has 1 unspecified atom stereocenters. The minimum Gasteiger partial charge on any atom is -0.481 e. The number of anilines is 2. The number of aryl methyl sites for hydroxylation is 1. The lowest BCUT2D eigenvalue weighted by molar-refractivity contribution is 0.398. The highest BCUT2D eigenvalue weighted by Gasteiger charge is 2.09. The first-order valence-corrected chi connectivity index (χ1v) is 6.24. The zero-order chi connectivity index (χ0) is 13.8. The summed E-state index contributed by atoms with van der Waals surface area (Å²) in [4.78, 5) is 4.32. The third-order valence-corrected chi connectivity index (χ3v) is 3.04. The van der Waals surface area contributed by atoms with E-state index < -0.39 is 0 Å². The maximum absolute atomic E-state index is 5.91. The van der Waals surface area contributed by atoms with Crippen LogP contribution in [-0.2, 0) is 0 Å². The van der Waals surface area contributed by atoms with E-state index in [1.165, 1.54) is 11.1 Å². The quantitative estimate of drug-likeness (QED) is 0.883. The predicted octanol–water partition coefficient (Wildman–Crippen LogP) is 3.15. The fraction of sp³-hybridized carbons (Fsp3) is 0.267. The second-order valence-corrected chi connectivity index (χ2v) is 4.57. The Labute approximate surface area is 113 Å². The highest BCUT2D eigenvalue weighted by Crippen LogP contribution is 2.24. The van der Waals surface area contributed by atoms with Crippen LogP contribution in [0.5, 0.6) is 5.88 Å². The molecule has 0 spiro atoms. The van der Waals surface area contributed by atoms with E-state index >= 15 is 0 Å². The maximum atomic E-state index is 5.91. The second-order valence-electron chi connectivity index (χ2n) is 4.57. The molecule has 0 aliphatic rings. The minimum atomic E-state index is 0.127. The third-order valence-electron chi connectivity index (χ3n) is 3.04. The Bertz CT molecular complexity index is 552. The van der Waals surface area contributed by atoms with Gasteiger partial charge in [0.25, 0.3) is 0 Å². The number of rotatable bonds is 4. The van der Waals surface area contributed by atoms with Gasteiger partial charge in [0.15, 0.2) is 5.82 Å². The SMILES string of the molecule is COc1ccc(N)c(NC(C)c2ccc(C)cc2)n1. The summed E-state index contributed by atoms with van der Waals surface area (Å²) in [6, 6.07) is 12.0. The largest absolute Gasteiger partial charge is 0.481 e. The molecular weight excluding hydrogens is 238 g/mol. The summed E-state index contributed by atoms with van der Waals surface area (Å²) in [7, 11) is 1.59. The normalized spacial score (nSPS) is 11.9. The Kier molecular flexibility index (Phi) is 3.90. The van der Waals surface area contributed by atoms with Gasteiger partial charge in [-0.05, 0) is 25.5 Å². The molecule has 2 aromatic rings. The van der Waals surface area contributed by atoms with Crippen molar-refractivity contribution < 1.29 is 4.74 Å². The number of nitrogens with one attached hydrogen (secondary N) is 1. The van der Waals surface area contributed by atoms with E-state index in [0.29, 0.717) is 17.4 Å². The van der Waals surface area contributed by atoms with Crippen LogP contribution in [0.3, 0.4) is 0 Å². The number of pyridine rings is 1. The van der Waals surface area contributed by atoms with Gasteiger partial charge in [-0.2, -0.15) is 4.98 Å². The summed E-state index contributed by atoms with van der Waals surface area (Å²) in [6.07, 6.45) is 0. The molecule has 19 heavy (non-hydrogen) atoms. The molecule has 0 radical (unpaired) electrons. The Morgan fingerprint density at radius 2 is 1.84 bits per heavy atom. The topological polar surface area (TPSA) is 60.2 Å². The molecule has 0 aliphatic heterocycles. The first-order chi connectivity index (χ1) is 9.10. The number of hydrogen-bond donors (Lipinski definition) is 2. The van der Waals surface area contributed by atoms with E-state index in [0.717, 1.165) is 0 Å². The molecule has 0 saturated heterocycles. The zero-order valence-corrected chi connectivity index (χ0v) is 11.5. The van der Waals surface area contributed by atoms with Gasteiger partial charge in [-0.1, -0.05) is 29.8 Å². The van der Waals surface area contributed by atoms with Gasteiger partial charge in [-0.25, -0.2) is 0 Å². The van der Waals surface area contributed by atoms with Crippen LogP contribution in [0.25, 0.3) is 0 Å². The highest BCUT2D eigenvalue weighted by atomic mass is 16.5. The number of methoxy groups -OCH3 is 1. The average molecular weight is 257 g/mol. The van der Waals surface area contributed by atoms with Crippen molar-refractivity contribution in [3.05, 3.63) is 47.5 Å². The molecule has 0 saturated carbocycles. The van der Waals surface area contributed by atoms with Gasteiger partial charge >= 0.3 is 0 Å². The van der Waals surface area contributed by atoms with Crippen molar-refractivity contribution in [3.63, 3.8) is 0 Å². The minimum absolute atomic E-state index is 0.127. The van der Waals surface area contributed by atoms with E-state index in [-0.39, 0.29) is 6.04 Å². The molecule has 4 nitrogen and oxygen atoms in total. The van der Waals surface area contributed by atoms with Crippen LogP contribution in [0.15, 0.2) is 36.4 Å². The average Bonchev–Trinajstić information content (AvgIpc) is 2.42. The van der Waals surface area contributed by atoms with Gasteiger partial charge < -0.3 is 15.8 Å². The summed E-state index contributed by atoms with van der Waals surface area (Å²) < 4.78 is 5.11. The van der Waals surface area contributed by atoms with Crippen LogP contribution in [0, 0.1) is 6.92 Å². The molecule has 1 aromatic carbocycles. The smallest absolute Gasteiger partial charge is 0.215 e. The number of benzene rings is 1. The van der Waals surface area contributed by atoms with Crippen molar-refractivity contribution in [2.45, 2.75) is 19.9 Å². The fourth-order valence-electron chi connectivity index (χ4n) is 1.82. The number of ether oxygens (including phenoxy) is 1. The molecule has 4 heteroatoms. The zero-order valence-electron chi connectivity index (χ0n) is 11.5. The fourth-order valence-corrected chi connectivity index (χ4v) is 1.82. The molecular formula is C15H19N3O. The van der Waals surface area contributed by atoms with Crippen LogP contribution in [0.4, 0.5) is 11.5 Å². The van der Waals surface area contributed by atoms with E-state index in [9.17, 15) is 0 Å². The van der Waals surface area contributed by atoms with Gasteiger partial charge in [-0.15, -0.1) is 0 Å². The lowest BCUT2D eigenvalue weighted by Gasteiger charge is -2.17. The standard InChI is InChI=1S/C15H19N3O/c1-10-4-6-12(7-5-10)11(2)17-15-13(16)8-9-14(18-15)19-3/h4-9,11H,16H2,1-3H3,(H,17,18). The molecule has 1 heterocycles. The number of nitrogens with zero attached hydrogens (tertiary/aromatic N) is 1. The van der Waals surface area contributed by atoms with Crippen LogP contribution in [0.2, 0.25) is 0 Å². The van der Waals surface area contributed by atoms with Gasteiger partial charge in [0.05, 0.1) is 18.8 Å². The third kappa shape index (κ3) is 3.16. The van der Waals surface area contributed by atoms with Gasteiger partial charge in [0.2, 0.25) is 5.88 Å². The Morgan fingerprint density at radius 1 is 1.16 bits per heavy atom. The molecule has 1 atom stereocenters. The monoisotopic (exact) mass is 257 g/mol. The molecule has 3 N–H and O–H groups in total. The van der Waals surface area contributed by atoms with E-state index in [2.05, 4.69) is 48.4 Å². The number of hydrogen-bond acceptors (Lipinski definition) is 4. The number of aromatic nitrogens is 1. The summed E-state index contributed by atoms with van der Waals surface area (Å²) in [6.45, 7) is 4.15. The van der Waals surface area contributed by atoms with Crippen LogP contribution in [-0.4, -0.2) is 12.1 Å². The lowest BCUT2D eigenvalue weighted by Crippen LogP contribution is -2.10. The summed E-state index contributed by atoms with van der Waals surface area (Å²) in [5.41, 5.74) is 8.96. The first-order valence-electron chi connectivity index (χ1n) is 6.24. The van der Waals surface area contributed by atoms with Crippen LogP contribution < -0.4 is 15.8 Å². The molecule has 100 valence electrons. The Balaban J connectivity index is 2.18. The number of nitrogens with two attached hydrogens (primary N) is 1. The van der Waals surface area contributed by atoms with Gasteiger partial charge in [-0.3, -0.25) is 0 Å². The molecule has 0 fully saturated rings. The van der Waals surface area contributed by atoms with Crippen LogP contribution in [0.1, 0.15) is 24.1 Å². The van der Waals surface area contributed by atoms with Crippen molar-refractivity contribution in [2.75, 3.05) is 18.2 Å². The van der Waals surface area contributed by atoms with E-state index in [1.807, 2.05) is 0 Å². The highest BCUT2D eigenvalue weighted by molar-refractivity contribution is 5.62. The summed E-state index contributed by atoms with van der Waals surface area (Å²) in [5.74, 6) is 1.19. The summed E-state index contributed by atoms with van der Waals surface area (Å²) >= 11 is 0. The lowest BCUT2D eigenvalue weighted by atomic mass is 10.1. The molecule has 0 bridgehead atoms. The van der Waals surface area contributed by atoms with Crippen molar-refractivity contribution in [2.24, 2.45) is 0 Å². The van der Waals surface area contributed by atoms with E-state index in [1.54, 1.807) is 19.2 Å². The van der Waals surface area contributed by atoms with Gasteiger partial charge in [0.1, 0.15) is 0 Å². The Hall–Kier alpha value is -2.23. The van der Waals surface area contributed by atoms with E-state index in [4.69, 9.17) is 10.5 Å². The maximum Gasteiger partial charge on any atom is 0.215 e. The van der Waals surface area contributed by atoms with Gasteiger partial charge in [0, 0.05) is 6.07 Å². The predicted molar refractivity (Wildman–Crippen MR) is 78.4 cm³/mol. The molecule has 2 rings (SSSR count). The molecule has 0 aliphatic carbocycles. The first kappa shape index (κ1) is 13.2. The summed E-state index contributed by atoms with van der Waals surface area (Å²) in [5, 5.41) is 3.30. The van der Waals surface area contributed by atoms with Crippen molar-refractivity contribution >= 4 is 11.5 Å². The molecule has 0 amide bonds. The van der Waals surface area contributed by atoms with Crippen molar-refractivity contribution in [3.8, 4) is 5.88 Å². The van der Waals surface area contributed by atoms with Crippen molar-refractivity contribution in [1.29, 1.82) is 0 Å². The Morgan fingerprint density at radius 3 is 2.47 bits per heavy atom. The van der Waals surface area contributed by atoms with Crippen molar-refractivity contribution in [1.82, 2.24) is 4.98 Å². The second kappa shape index (κ2) is 5.61. The van der Waals surface area contributed by atoms with Crippen LogP contribution >= 0.6 is 0 Å². The molecule has 1 aromatic heterocycles.